The summed E-state index contributed by atoms with van der Waals surface area (Å²) in [6.45, 7) is 7.98. The number of fused-ring (bicyclic) bond motifs is 1. The van der Waals surface area contributed by atoms with Crippen molar-refractivity contribution in [1.29, 1.82) is 0 Å². The molecular formula is C21H27N7O2. The van der Waals surface area contributed by atoms with Gasteiger partial charge in [-0.3, -0.25) is 14.6 Å². The van der Waals surface area contributed by atoms with Crippen molar-refractivity contribution in [2.24, 2.45) is 0 Å². The first-order valence-electron chi connectivity index (χ1n) is 10.4. The first-order chi connectivity index (χ1) is 14.6. The molecule has 2 aliphatic rings. The Balaban J connectivity index is 1.60. The molecule has 9 heteroatoms. The van der Waals surface area contributed by atoms with E-state index < -0.39 is 0 Å². The molecule has 30 heavy (non-hydrogen) atoms. The monoisotopic (exact) mass is 409 g/mol. The van der Waals surface area contributed by atoms with E-state index in [0.29, 0.717) is 63.3 Å². The van der Waals surface area contributed by atoms with Gasteiger partial charge in [-0.1, -0.05) is 13.0 Å². The lowest BCUT2D eigenvalue weighted by molar-refractivity contribution is -0.129. The van der Waals surface area contributed by atoms with E-state index in [2.05, 4.69) is 22.2 Å². The smallest absolute Gasteiger partial charge is 0.273 e. The normalized spacial score (nSPS) is 16.1. The van der Waals surface area contributed by atoms with Gasteiger partial charge in [-0.05, 0) is 18.1 Å². The Labute approximate surface area is 176 Å². The average Bonchev–Trinajstić information content (AvgIpc) is 3.09. The minimum atomic E-state index is -0.0395. The van der Waals surface area contributed by atoms with Crippen molar-refractivity contribution in [1.82, 2.24) is 24.8 Å². The van der Waals surface area contributed by atoms with Crippen LogP contribution in [0.3, 0.4) is 0 Å². The topological polar surface area (TPSA) is 94.6 Å². The van der Waals surface area contributed by atoms with E-state index in [1.807, 2.05) is 33.0 Å². The minimum absolute atomic E-state index is 0.0395. The molecule has 158 valence electrons. The van der Waals surface area contributed by atoms with Crippen molar-refractivity contribution >= 4 is 23.6 Å². The number of anilines is 2. The first-order valence-corrected chi connectivity index (χ1v) is 10.4. The number of nitrogens with zero attached hydrogens (tertiary/aromatic N) is 6. The van der Waals surface area contributed by atoms with Crippen LogP contribution in [0.2, 0.25) is 0 Å². The molecule has 0 atom stereocenters. The number of pyridine rings is 1. The third kappa shape index (κ3) is 4.05. The largest absolute Gasteiger partial charge is 0.365 e. The highest BCUT2D eigenvalue weighted by atomic mass is 16.2. The van der Waals surface area contributed by atoms with Gasteiger partial charge in [0.15, 0.2) is 0 Å². The van der Waals surface area contributed by atoms with Crippen molar-refractivity contribution in [2.75, 3.05) is 42.9 Å². The van der Waals surface area contributed by atoms with E-state index in [1.54, 1.807) is 13.1 Å². The summed E-state index contributed by atoms with van der Waals surface area (Å²) in [5.74, 6) is 1.27. The van der Waals surface area contributed by atoms with E-state index in [1.165, 1.54) is 0 Å². The molecule has 1 saturated heterocycles. The number of hydrogen-bond acceptors (Lipinski definition) is 7. The Hall–Kier alpha value is -3.23. The standard InChI is InChI=1S/C21H27N7O2/c1-3-7-28-14-17-18(20(28)30)24-21(27-10-8-26(9-11-27)15(2)29)25-19(17)23-13-16-5-4-6-22-12-16/h4-6,12H,3,7-11,13-14H2,1-2H3,(H,23,24,25). The molecule has 1 N–H and O–H groups in total. The van der Waals surface area contributed by atoms with Crippen LogP contribution in [0.4, 0.5) is 11.8 Å². The molecule has 4 rings (SSSR count). The molecule has 0 radical (unpaired) electrons. The molecule has 0 aromatic carbocycles. The quantitative estimate of drug-likeness (QED) is 0.773. The predicted molar refractivity (Wildman–Crippen MR) is 113 cm³/mol. The van der Waals surface area contributed by atoms with Crippen molar-refractivity contribution < 1.29 is 9.59 Å². The van der Waals surface area contributed by atoms with E-state index in [4.69, 9.17) is 4.98 Å². The van der Waals surface area contributed by atoms with Gasteiger partial charge in [0.25, 0.3) is 5.91 Å². The highest BCUT2D eigenvalue weighted by molar-refractivity contribution is 5.98. The molecule has 0 bridgehead atoms. The summed E-state index contributed by atoms with van der Waals surface area (Å²) in [5, 5.41) is 3.39. The fourth-order valence-corrected chi connectivity index (χ4v) is 3.86. The van der Waals surface area contributed by atoms with Crippen molar-refractivity contribution in [3.05, 3.63) is 41.3 Å². The van der Waals surface area contributed by atoms with Crippen LogP contribution in [0.1, 0.15) is 41.9 Å². The van der Waals surface area contributed by atoms with Gasteiger partial charge in [-0.25, -0.2) is 4.98 Å². The summed E-state index contributed by atoms with van der Waals surface area (Å²) < 4.78 is 0. The summed E-state index contributed by atoms with van der Waals surface area (Å²) in [4.78, 5) is 43.8. The third-order valence-electron chi connectivity index (χ3n) is 5.52. The number of carbonyl (C=O) groups excluding carboxylic acids is 2. The number of rotatable bonds is 6. The number of piperazine rings is 1. The maximum absolute atomic E-state index is 12.9. The van der Waals surface area contributed by atoms with Crippen molar-refractivity contribution in [2.45, 2.75) is 33.4 Å². The summed E-state index contributed by atoms with van der Waals surface area (Å²) in [7, 11) is 0. The van der Waals surface area contributed by atoms with E-state index >= 15 is 0 Å². The number of hydrogen-bond donors (Lipinski definition) is 1. The molecule has 0 spiro atoms. The van der Waals surface area contributed by atoms with Crippen LogP contribution in [0.5, 0.6) is 0 Å². The van der Waals surface area contributed by atoms with Gasteiger partial charge in [0.1, 0.15) is 11.5 Å². The highest BCUT2D eigenvalue weighted by Gasteiger charge is 2.33. The second-order valence-electron chi connectivity index (χ2n) is 7.63. The maximum Gasteiger partial charge on any atom is 0.273 e. The van der Waals surface area contributed by atoms with Crippen LogP contribution in [0.15, 0.2) is 24.5 Å². The lowest BCUT2D eigenvalue weighted by Crippen LogP contribution is -2.48. The number of carbonyl (C=O) groups is 2. The van der Waals surface area contributed by atoms with Crippen LogP contribution in [-0.2, 0) is 17.9 Å². The number of aromatic nitrogens is 3. The fourth-order valence-electron chi connectivity index (χ4n) is 3.86. The fraction of sp³-hybridized carbons (Fsp3) is 0.476. The average molecular weight is 409 g/mol. The highest BCUT2D eigenvalue weighted by Crippen LogP contribution is 2.30. The molecule has 2 aromatic heterocycles. The van der Waals surface area contributed by atoms with Crippen LogP contribution >= 0.6 is 0 Å². The zero-order valence-corrected chi connectivity index (χ0v) is 17.5. The van der Waals surface area contributed by atoms with Crippen molar-refractivity contribution in [3.8, 4) is 0 Å². The van der Waals surface area contributed by atoms with Crippen LogP contribution in [0.25, 0.3) is 0 Å². The maximum atomic E-state index is 12.9. The van der Waals surface area contributed by atoms with Gasteiger partial charge in [0.05, 0.1) is 6.54 Å². The Bertz CT molecular complexity index is 926. The number of amides is 2. The lowest BCUT2D eigenvalue weighted by Gasteiger charge is -2.34. The molecule has 4 heterocycles. The lowest BCUT2D eigenvalue weighted by atomic mass is 10.2. The molecule has 1 fully saturated rings. The second kappa shape index (κ2) is 8.64. The molecule has 2 aliphatic heterocycles. The van der Waals surface area contributed by atoms with Gasteiger partial charge in [0.2, 0.25) is 11.9 Å². The summed E-state index contributed by atoms with van der Waals surface area (Å²) in [5.41, 5.74) is 2.37. The van der Waals surface area contributed by atoms with E-state index in [-0.39, 0.29) is 11.8 Å². The van der Waals surface area contributed by atoms with Crippen molar-refractivity contribution in [3.63, 3.8) is 0 Å². The minimum Gasteiger partial charge on any atom is -0.365 e. The predicted octanol–water partition coefficient (Wildman–Crippen LogP) is 1.52. The molecule has 2 amide bonds. The van der Waals surface area contributed by atoms with Crippen LogP contribution < -0.4 is 10.2 Å². The molecule has 2 aromatic rings. The molecule has 0 unspecified atom stereocenters. The Morgan fingerprint density at radius 2 is 2.00 bits per heavy atom. The van der Waals surface area contributed by atoms with Gasteiger partial charge >= 0.3 is 0 Å². The van der Waals surface area contributed by atoms with E-state index in [0.717, 1.165) is 17.5 Å². The summed E-state index contributed by atoms with van der Waals surface area (Å²) in [6.07, 6.45) is 4.45. The Morgan fingerprint density at radius 3 is 2.67 bits per heavy atom. The van der Waals surface area contributed by atoms with Gasteiger partial charge < -0.3 is 20.0 Å². The van der Waals surface area contributed by atoms with Gasteiger partial charge in [0, 0.05) is 64.1 Å². The Morgan fingerprint density at radius 1 is 1.20 bits per heavy atom. The van der Waals surface area contributed by atoms with E-state index in [9.17, 15) is 9.59 Å². The van der Waals surface area contributed by atoms with Crippen LogP contribution in [-0.4, -0.2) is 69.3 Å². The molecule has 0 saturated carbocycles. The molecule has 0 aliphatic carbocycles. The zero-order valence-electron chi connectivity index (χ0n) is 17.5. The summed E-state index contributed by atoms with van der Waals surface area (Å²) in [6, 6.07) is 3.89. The number of nitrogens with one attached hydrogen (secondary N) is 1. The first kappa shape index (κ1) is 20.1. The molecule has 9 nitrogen and oxygen atoms in total. The van der Waals surface area contributed by atoms with Gasteiger partial charge in [-0.2, -0.15) is 4.98 Å². The van der Waals surface area contributed by atoms with Crippen LogP contribution in [0, 0.1) is 0 Å². The van der Waals surface area contributed by atoms with Gasteiger partial charge in [-0.15, -0.1) is 0 Å². The zero-order chi connectivity index (χ0) is 21.1. The summed E-state index contributed by atoms with van der Waals surface area (Å²) >= 11 is 0. The second-order valence-corrected chi connectivity index (χ2v) is 7.63. The SMILES string of the molecule is CCCN1Cc2c(NCc3cccnc3)nc(N3CCN(C(C)=O)CC3)nc2C1=O. The Kier molecular flexibility index (Phi) is 5.78. The molecular weight excluding hydrogens is 382 g/mol. The third-order valence-corrected chi connectivity index (χ3v) is 5.52.